The fourth-order valence-corrected chi connectivity index (χ4v) is 1.19. The highest BCUT2D eigenvalue weighted by atomic mass is 16.5. The molecule has 0 radical (unpaired) electrons. The van der Waals surface area contributed by atoms with Crippen molar-refractivity contribution in [3.05, 3.63) is 24.0 Å². The average Bonchev–Trinajstić information content (AvgIpc) is 2.36. The number of nitrogens with zero attached hydrogens (tertiary/aromatic N) is 2. The molecular weight excluding hydrogens is 222 g/mol. The van der Waals surface area contributed by atoms with Gasteiger partial charge in [-0.25, -0.2) is 0 Å². The molecule has 0 aliphatic carbocycles. The molecule has 0 saturated heterocycles. The zero-order valence-corrected chi connectivity index (χ0v) is 9.68. The minimum absolute atomic E-state index is 0.219. The molecular formula is C11H15N3O3. The van der Waals surface area contributed by atoms with Crippen molar-refractivity contribution in [1.82, 2.24) is 15.5 Å². The molecule has 0 spiro atoms. The van der Waals surface area contributed by atoms with Crippen molar-refractivity contribution in [3.8, 4) is 0 Å². The highest BCUT2D eigenvalue weighted by Gasteiger charge is 2.05. The number of esters is 1. The van der Waals surface area contributed by atoms with Gasteiger partial charge in [0.05, 0.1) is 24.6 Å². The fraction of sp³-hybridized carbons (Fsp3) is 0.455. The number of carbonyl (C=O) groups excluding carboxylic acids is 2. The molecule has 0 saturated carbocycles. The Kier molecular flexibility index (Phi) is 5.63. The van der Waals surface area contributed by atoms with Crippen LogP contribution in [0.3, 0.4) is 0 Å². The van der Waals surface area contributed by atoms with E-state index in [1.165, 1.54) is 12.4 Å². The number of ether oxygens (including phenoxy) is 1. The predicted molar refractivity (Wildman–Crippen MR) is 60.2 cm³/mol. The molecule has 1 N–H and O–H groups in total. The molecule has 1 rings (SSSR count). The molecule has 6 nitrogen and oxygen atoms in total. The fourth-order valence-electron chi connectivity index (χ4n) is 1.19. The summed E-state index contributed by atoms with van der Waals surface area (Å²) in [6.07, 6.45) is 3.71. The Morgan fingerprint density at radius 1 is 1.41 bits per heavy atom. The molecule has 0 atom stereocenters. The van der Waals surface area contributed by atoms with Crippen molar-refractivity contribution >= 4 is 11.9 Å². The highest BCUT2D eigenvalue weighted by Crippen LogP contribution is 1.95. The average molecular weight is 237 g/mol. The van der Waals surface area contributed by atoms with Crippen LogP contribution in [0.1, 0.15) is 30.1 Å². The van der Waals surface area contributed by atoms with Gasteiger partial charge in [0.25, 0.3) is 5.91 Å². The molecule has 0 aliphatic rings. The molecule has 1 aromatic heterocycles. The zero-order valence-electron chi connectivity index (χ0n) is 9.68. The Morgan fingerprint density at radius 2 is 2.24 bits per heavy atom. The number of hydrogen-bond acceptors (Lipinski definition) is 5. The molecule has 0 aliphatic heterocycles. The van der Waals surface area contributed by atoms with E-state index in [9.17, 15) is 9.59 Å². The van der Waals surface area contributed by atoms with Crippen LogP contribution in [0.4, 0.5) is 0 Å². The lowest BCUT2D eigenvalue weighted by Gasteiger charge is -2.04. The lowest BCUT2D eigenvalue weighted by molar-refractivity contribution is -0.143. The number of nitrogens with one attached hydrogen (secondary N) is 1. The molecule has 0 unspecified atom stereocenters. The van der Waals surface area contributed by atoms with E-state index in [0.717, 1.165) is 0 Å². The minimum Gasteiger partial charge on any atom is -0.466 e. The number of amides is 1. The SMILES string of the molecule is CCOC(=O)CCCNC(=O)c1ccnnc1. The summed E-state index contributed by atoms with van der Waals surface area (Å²) in [6.45, 7) is 2.57. The van der Waals surface area contributed by atoms with E-state index < -0.39 is 0 Å². The van der Waals surface area contributed by atoms with Crippen LogP contribution in [-0.4, -0.2) is 35.2 Å². The van der Waals surface area contributed by atoms with Gasteiger partial charge in [-0.2, -0.15) is 10.2 Å². The number of carbonyl (C=O) groups is 2. The summed E-state index contributed by atoms with van der Waals surface area (Å²) in [5, 5.41) is 9.86. The van der Waals surface area contributed by atoms with E-state index in [2.05, 4.69) is 15.5 Å². The summed E-state index contributed by atoms with van der Waals surface area (Å²) in [4.78, 5) is 22.5. The van der Waals surface area contributed by atoms with Crippen molar-refractivity contribution < 1.29 is 14.3 Å². The largest absolute Gasteiger partial charge is 0.466 e. The Morgan fingerprint density at radius 3 is 2.88 bits per heavy atom. The first kappa shape index (κ1) is 13.1. The third-order valence-electron chi connectivity index (χ3n) is 1.99. The molecule has 0 bridgehead atoms. The molecule has 1 amide bonds. The third kappa shape index (κ3) is 5.05. The van der Waals surface area contributed by atoms with Crippen molar-refractivity contribution in [3.63, 3.8) is 0 Å². The quantitative estimate of drug-likeness (QED) is 0.577. The van der Waals surface area contributed by atoms with Crippen LogP contribution >= 0.6 is 0 Å². The van der Waals surface area contributed by atoms with Crippen LogP contribution in [0.15, 0.2) is 18.5 Å². The number of aromatic nitrogens is 2. The number of rotatable bonds is 6. The van der Waals surface area contributed by atoms with Gasteiger partial charge in [0.1, 0.15) is 0 Å². The summed E-state index contributed by atoms with van der Waals surface area (Å²) in [7, 11) is 0. The zero-order chi connectivity index (χ0) is 12.5. The van der Waals surface area contributed by atoms with Gasteiger partial charge < -0.3 is 10.1 Å². The van der Waals surface area contributed by atoms with Crippen LogP contribution in [0, 0.1) is 0 Å². The monoisotopic (exact) mass is 237 g/mol. The second kappa shape index (κ2) is 7.32. The maximum atomic E-state index is 11.5. The van der Waals surface area contributed by atoms with Crippen LogP contribution < -0.4 is 5.32 Å². The predicted octanol–water partition coefficient (Wildman–Crippen LogP) is 0.550. The maximum Gasteiger partial charge on any atom is 0.305 e. The lowest BCUT2D eigenvalue weighted by Crippen LogP contribution is -2.25. The first-order valence-electron chi connectivity index (χ1n) is 5.44. The Bertz CT molecular complexity index is 367. The first-order chi connectivity index (χ1) is 8.24. The van der Waals surface area contributed by atoms with Gasteiger partial charge in [0.15, 0.2) is 0 Å². The first-order valence-corrected chi connectivity index (χ1v) is 5.44. The van der Waals surface area contributed by atoms with Gasteiger partial charge in [0.2, 0.25) is 0 Å². The highest BCUT2D eigenvalue weighted by molar-refractivity contribution is 5.93. The van der Waals surface area contributed by atoms with Crippen molar-refractivity contribution in [2.75, 3.05) is 13.2 Å². The van der Waals surface area contributed by atoms with E-state index in [-0.39, 0.29) is 11.9 Å². The van der Waals surface area contributed by atoms with E-state index in [1.807, 2.05) is 0 Å². The number of hydrogen-bond donors (Lipinski definition) is 1. The van der Waals surface area contributed by atoms with Gasteiger partial charge in [-0.05, 0) is 19.4 Å². The molecule has 1 aromatic rings. The summed E-state index contributed by atoms with van der Waals surface area (Å²) in [6, 6.07) is 1.58. The molecule has 0 fully saturated rings. The Balaban J connectivity index is 2.19. The van der Waals surface area contributed by atoms with Gasteiger partial charge in [0, 0.05) is 13.0 Å². The van der Waals surface area contributed by atoms with Crippen LogP contribution in [0.5, 0.6) is 0 Å². The van der Waals surface area contributed by atoms with E-state index in [4.69, 9.17) is 4.74 Å². The maximum absolute atomic E-state index is 11.5. The topological polar surface area (TPSA) is 81.2 Å². The second-order valence-electron chi connectivity index (χ2n) is 3.30. The second-order valence-corrected chi connectivity index (χ2v) is 3.30. The third-order valence-corrected chi connectivity index (χ3v) is 1.99. The van der Waals surface area contributed by atoms with Gasteiger partial charge in [-0.15, -0.1) is 0 Å². The van der Waals surface area contributed by atoms with Crippen molar-refractivity contribution in [2.24, 2.45) is 0 Å². The molecule has 1 heterocycles. The standard InChI is InChI=1S/C11H15N3O3/c1-2-17-10(15)4-3-6-12-11(16)9-5-7-13-14-8-9/h5,7-8H,2-4,6H2,1H3,(H,12,16). The van der Waals surface area contributed by atoms with E-state index in [1.54, 1.807) is 13.0 Å². The van der Waals surface area contributed by atoms with Gasteiger partial charge >= 0.3 is 5.97 Å². The van der Waals surface area contributed by atoms with Gasteiger partial charge in [-0.3, -0.25) is 9.59 Å². The molecule has 92 valence electrons. The van der Waals surface area contributed by atoms with Crippen LogP contribution in [0.2, 0.25) is 0 Å². The van der Waals surface area contributed by atoms with E-state index >= 15 is 0 Å². The summed E-state index contributed by atoms with van der Waals surface area (Å²) in [5.41, 5.74) is 0.455. The smallest absolute Gasteiger partial charge is 0.305 e. The van der Waals surface area contributed by atoms with Crippen LogP contribution in [-0.2, 0) is 9.53 Å². The van der Waals surface area contributed by atoms with E-state index in [0.29, 0.717) is 31.6 Å². The van der Waals surface area contributed by atoms with Crippen molar-refractivity contribution in [1.29, 1.82) is 0 Å². The molecule has 6 heteroatoms. The van der Waals surface area contributed by atoms with Crippen molar-refractivity contribution in [2.45, 2.75) is 19.8 Å². The Labute approximate surface area is 99.4 Å². The summed E-state index contributed by atoms with van der Waals surface area (Å²) >= 11 is 0. The van der Waals surface area contributed by atoms with Crippen LogP contribution in [0.25, 0.3) is 0 Å². The summed E-state index contributed by atoms with van der Waals surface area (Å²) < 4.78 is 4.76. The minimum atomic E-state index is -0.243. The molecule has 17 heavy (non-hydrogen) atoms. The molecule has 0 aromatic carbocycles. The Hall–Kier alpha value is -1.98. The normalized spacial score (nSPS) is 9.71. The summed E-state index contributed by atoms with van der Waals surface area (Å²) in [5.74, 6) is -0.462. The van der Waals surface area contributed by atoms with Gasteiger partial charge in [-0.1, -0.05) is 0 Å². The lowest BCUT2D eigenvalue weighted by atomic mass is 10.2.